The Morgan fingerprint density at radius 3 is 2.60 bits per heavy atom. The SMILES string of the molecule is CNCC1CCCN(Cc2ccc(C(F)F)cc2)C1.Cl. The van der Waals surface area contributed by atoms with Gasteiger partial charge in [0.05, 0.1) is 0 Å². The van der Waals surface area contributed by atoms with Crippen LogP contribution in [0.2, 0.25) is 0 Å². The summed E-state index contributed by atoms with van der Waals surface area (Å²) in [7, 11) is 1.99. The Hall–Kier alpha value is -0.710. The molecule has 1 aromatic rings. The lowest BCUT2D eigenvalue weighted by Crippen LogP contribution is -2.38. The maximum absolute atomic E-state index is 12.5. The monoisotopic (exact) mass is 304 g/mol. The highest BCUT2D eigenvalue weighted by atomic mass is 35.5. The van der Waals surface area contributed by atoms with Gasteiger partial charge >= 0.3 is 0 Å². The van der Waals surface area contributed by atoms with Gasteiger partial charge in [0.2, 0.25) is 0 Å². The second-order valence-corrected chi connectivity index (χ2v) is 5.34. The quantitative estimate of drug-likeness (QED) is 0.896. The van der Waals surface area contributed by atoms with Crippen LogP contribution in [0.1, 0.15) is 30.4 Å². The first-order chi connectivity index (χ1) is 9.19. The Morgan fingerprint density at radius 1 is 1.30 bits per heavy atom. The van der Waals surface area contributed by atoms with Gasteiger partial charge in [0.25, 0.3) is 6.43 Å². The number of halogens is 3. The zero-order valence-corrected chi connectivity index (χ0v) is 12.6. The molecule has 1 aliphatic heterocycles. The molecule has 114 valence electrons. The van der Waals surface area contributed by atoms with Gasteiger partial charge in [-0.25, -0.2) is 8.78 Å². The van der Waals surface area contributed by atoms with Crippen molar-refractivity contribution in [3.05, 3.63) is 35.4 Å². The van der Waals surface area contributed by atoms with E-state index in [1.54, 1.807) is 0 Å². The van der Waals surface area contributed by atoms with Gasteiger partial charge in [0.15, 0.2) is 0 Å². The van der Waals surface area contributed by atoms with Crippen LogP contribution >= 0.6 is 12.4 Å². The zero-order chi connectivity index (χ0) is 13.7. The van der Waals surface area contributed by atoms with Crippen LogP contribution in [0.25, 0.3) is 0 Å². The predicted molar refractivity (Wildman–Crippen MR) is 80.6 cm³/mol. The van der Waals surface area contributed by atoms with Crippen LogP contribution in [-0.4, -0.2) is 31.6 Å². The van der Waals surface area contributed by atoms with Gasteiger partial charge in [0.1, 0.15) is 0 Å². The summed E-state index contributed by atoms with van der Waals surface area (Å²) in [5.74, 6) is 0.707. The molecule has 1 saturated heterocycles. The van der Waals surface area contributed by atoms with Crippen molar-refractivity contribution in [3.63, 3.8) is 0 Å². The summed E-state index contributed by atoms with van der Waals surface area (Å²) in [5, 5.41) is 3.23. The number of benzene rings is 1. The summed E-state index contributed by atoms with van der Waals surface area (Å²) in [6, 6.07) is 6.72. The van der Waals surface area contributed by atoms with Gasteiger partial charge in [-0.3, -0.25) is 4.90 Å². The lowest BCUT2D eigenvalue weighted by molar-refractivity contribution is 0.151. The smallest absolute Gasteiger partial charge is 0.263 e. The molecule has 0 radical (unpaired) electrons. The van der Waals surface area contributed by atoms with E-state index in [2.05, 4.69) is 10.2 Å². The summed E-state index contributed by atoms with van der Waals surface area (Å²) in [4.78, 5) is 2.42. The van der Waals surface area contributed by atoms with Crippen molar-refractivity contribution in [2.75, 3.05) is 26.7 Å². The van der Waals surface area contributed by atoms with E-state index in [4.69, 9.17) is 0 Å². The number of rotatable bonds is 5. The fourth-order valence-corrected chi connectivity index (χ4v) is 2.78. The molecule has 1 unspecified atom stereocenters. The molecule has 0 saturated carbocycles. The van der Waals surface area contributed by atoms with Crippen LogP contribution in [-0.2, 0) is 6.54 Å². The number of hydrogen-bond acceptors (Lipinski definition) is 2. The molecular weight excluding hydrogens is 282 g/mol. The normalized spacial score (nSPS) is 19.9. The van der Waals surface area contributed by atoms with Crippen LogP contribution in [0.3, 0.4) is 0 Å². The summed E-state index contributed by atoms with van der Waals surface area (Å²) < 4.78 is 25.0. The molecule has 1 aromatic carbocycles. The Bertz CT molecular complexity index is 382. The first-order valence-electron chi connectivity index (χ1n) is 6.93. The minimum atomic E-state index is -2.37. The molecule has 0 spiro atoms. The minimum absolute atomic E-state index is 0. The van der Waals surface area contributed by atoms with E-state index in [9.17, 15) is 8.78 Å². The van der Waals surface area contributed by atoms with Crippen LogP contribution in [0.5, 0.6) is 0 Å². The molecule has 1 heterocycles. The van der Waals surface area contributed by atoms with Crippen molar-refractivity contribution in [2.45, 2.75) is 25.8 Å². The maximum Gasteiger partial charge on any atom is 0.263 e. The largest absolute Gasteiger partial charge is 0.319 e. The van der Waals surface area contributed by atoms with E-state index in [-0.39, 0.29) is 18.0 Å². The van der Waals surface area contributed by atoms with E-state index in [1.807, 2.05) is 19.2 Å². The molecule has 1 aliphatic rings. The summed E-state index contributed by atoms with van der Waals surface area (Å²) in [6.07, 6.45) is 0.132. The molecule has 2 nitrogen and oxygen atoms in total. The van der Waals surface area contributed by atoms with Gasteiger partial charge < -0.3 is 5.32 Å². The van der Waals surface area contributed by atoms with Crippen molar-refractivity contribution in [3.8, 4) is 0 Å². The summed E-state index contributed by atoms with van der Waals surface area (Å²) in [5.41, 5.74) is 1.23. The van der Waals surface area contributed by atoms with E-state index >= 15 is 0 Å². The summed E-state index contributed by atoms with van der Waals surface area (Å²) in [6.45, 7) is 4.12. The van der Waals surface area contributed by atoms with E-state index in [1.165, 1.54) is 25.0 Å². The molecule has 0 aromatic heterocycles. The Morgan fingerprint density at radius 2 is 2.00 bits per heavy atom. The first-order valence-corrected chi connectivity index (χ1v) is 6.93. The van der Waals surface area contributed by atoms with Gasteiger partial charge in [-0.1, -0.05) is 24.3 Å². The number of piperidine rings is 1. The highest BCUT2D eigenvalue weighted by Gasteiger charge is 2.19. The predicted octanol–water partition coefficient (Wildman–Crippen LogP) is 3.48. The number of alkyl halides is 2. The van der Waals surface area contributed by atoms with Crippen molar-refractivity contribution >= 4 is 12.4 Å². The molecule has 20 heavy (non-hydrogen) atoms. The van der Waals surface area contributed by atoms with Crippen LogP contribution < -0.4 is 5.32 Å². The minimum Gasteiger partial charge on any atom is -0.319 e. The van der Waals surface area contributed by atoms with E-state index < -0.39 is 6.43 Å². The highest BCUT2D eigenvalue weighted by molar-refractivity contribution is 5.85. The van der Waals surface area contributed by atoms with Gasteiger partial charge in [-0.05, 0) is 44.5 Å². The fraction of sp³-hybridized carbons (Fsp3) is 0.600. The van der Waals surface area contributed by atoms with Crippen LogP contribution in [0.15, 0.2) is 24.3 Å². The first kappa shape index (κ1) is 17.3. The van der Waals surface area contributed by atoms with E-state index in [0.29, 0.717) is 5.92 Å². The van der Waals surface area contributed by atoms with E-state index in [0.717, 1.165) is 31.7 Å². The Balaban J connectivity index is 0.00000200. The van der Waals surface area contributed by atoms with Crippen LogP contribution in [0, 0.1) is 5.92 Å². The third-order valence-electron chi connectivity index (χ3n) is 3.73. The standard InChI is InChI=1S/C15H22F2N2.ClH/c1-18-9-13-3-2-8-19(11-13)10-12-4-6-14(7-5-12)15(16)17;/h4-7,13,15,18H,2-3,8-11H2,1H3;1H. The molecule has 2 rings (SSSR count). The topological polar surface area (TPSA) is 15.3 Å². The molecule has 1 N–H and O–H groups in total. The molecule has 5 heteroatoms. The molecular formula is C15H23ClF2N2. The third-order valence-corrected chi connectivity index (χ3v) is 3.73. The number of nitrogens with zero attached hydrogens (tertiary/aromatic N) is 1. The number of hydrogen-bond donors (Lipinski definition) is 1. The van der Waals surface area contributed by atoms with Crippen LogP contribution in [0.4, 0.5) is 8.78 Å². The maximum atomic E-state index is 12.5. The molecule has 0 amide bonds. The molecule has 1 fully saturated rings. The Kier molecular flexibility index (Phi) is 7.41. The number of nitrogens with one attached hydrogen (secondary N) is 1. The van der Waals surface area contributed by atoms with Crippen molar-refractivity contribution in [1.29, 1.82) is 0 Å². The molecule has 0 bridgehead atoms. The zero-order valence-electron chi connectivity index (χ0n) is 11.8. The molecule has 0 aliphatic carbocycles. The lowest BCUT2D eigenvalue weighted by Gasteiger charge is -2.32. The fourth-order valence-electron chi connectivity index (χ4n) is 2.78. The molecule has 1 atom stereocenters. The van der Waals surface area contributed by atoms with Crippen molar-refractivity contribution in [1.82, 2.24) is 10.2 Å². The second kappa shape index (κ2) is 8.55. The second-order valence-electron chi connectivity index (χ2n) is 5.34. The lowest BCUT2D eigenvalue weighted by atomic mass is 9.97. The van der Waals surface area contributed by atoms with Gasteiger partial charge in [0, 0.05) is 18.7 Å². The number of likely N-dealkylation sites (tertiary alicyclic amines) is 1. The average Bonchev–Trinajstić information content (AvgIpc) is 2.40. The average molecular weight is 305 g/mol. The third kappa shape index (κ3) is 5.00. The van der Waals surface area contributed by atoms with Crippen molar-refractivity contribution < 1.29 is 8.78 Å². The van der Waals surface area contributed by atoms with Gasteiger partial charge in [-0.15, -0.1) is 12.4 Å². The Labute approximate surface area is 126 Å². The summed E-state index contributed by atoms with van der Waals surface area (Å²) >= 11 is 0. The van der Waals surface area contributed by atoms with Crippen molar-refractivity contribution in [2.24, 2.45) is 5.92 Å². The van der Waals surface area contributed by atoms with Gasteiger partial charge in [-0.2, -0.15) is 0 Å². The highest BCUT2D eigenvalue weighted by Crippen LogP contribution is 2.21.